The minimum Gasteiger partial charge on any atom is -0.337 e. The van der Waals surface area contributed by atoms with Gasteiger partial charge < -0.3 is 9.09 Å². The summed E-state index contributed by atoms with van der Waals surface area (Å²) in [5.41, 5.74) is 2.05. The second kappa shape index (κ2) is 6.92. The zero-order valence-electron chi connectivity index (χ0n) is 14.5. The first-order chi connectivity index (χ1) is 13.0. The summed E-state index contributed by atoms with van der Waals surface area (Å²) in [4.78, 5) is 8.29. The van der Waals surface area contributed by atoms with Gasteiger partial charge in [0.2, 0.25) is 11.7 Å². The van der Waals surface area contributed by atoms with Crippen molar-refractivity contribution in [3.8, 4) is 22.8 Å². The third kappa shape index (κ3) is 3.21. The van der Waals surface area contributed by atoms with E-state index in [-0.39, 0.29) is 17.3 Å². The number of aryl methyl sites for hydroxylation is 1. The van der Waals surface area contributed by atoms with Crippen molar-refractivity contribution in [2.24, 2.45) is 7.05 Å². The van der Waals surface area contributed by atoms with Crippen LogP contribution in [0.25, 0.3) is 22.8 Å². The van der Waals surface area contributed by atoms with Crippen LogP contribution in [-0.2, 0) is 7.05 Å². The summed E-state index contributed by atoms with van der Waals surface area (Å²) in [6.07, 6.45) is 3.37. The number of thiol groups is 1. The predicted octanol–water partition coefficient (Wildman–Crippen LogP) is 3.39. The first kappa shape index (κ1) is 17.3. The molecule has 9 heteroatoms. The molecular formula is C18H15FN6OS. The summed E-state index contributed by atoms with van der Waals surface area (Å²) < 4.78 is 21.2. The Morgan fingerprint density at radius 2 is 1.93 bits per heavy atom. The lowest BCUT2D eigenvalue weighted by Gasteiger charge is -2.06. The van der Waals surface area contributed by atoms with Crippen LogP contribution in [-0.4, -0.2) is 29.9 Å². The van der Waals surface area contributed by atoms with Crippen LogP contribution in [0.1, 0.15) is 22.5 Å². The van der Waals surface area contributed by atoms with Gasteiger partial charge in [0.1, 0.15) is 11.1 Å². The van der Waals surface area contributed by atoms with Gasteiger partial charge in [-0.3, -0.25) is 4.98 Å². The molecule has 136 valence electrons. The fraction of sp³-hybridized carbons (Fsp3) is 0.167. The molecule has 0 bridgehead atoms. The lowest BCUT2D eigenvalue weighted by Crippen LogP contribution is -2.04. The van der Waals surface area contributed by atoms with E-state index in [0.29, 0.717) is 11.6 Å². The van der Waals surface area contributed by atoms with Crippen LogP contribution in [0.5, 0.6) is 0 Å². The van der Waals surface area contributed by atoms with Crippen molar-refractivity contribution in [1.82, 2.24) is 29.9 Å². The van der Waals surface area contributed by atoms with E-state index < -0.39 is 11.1 Å². The summed E-state index contributed by atoms with van der Waals surface area (Å²) in [7, 11) is 1.83. The standard InChI is InChI=1S/C18H15FN6OS/c1-10-3-4-13(19)12(9-10)15-21-18(26-24-15)14(27)17-23-22-16(25(17)2)11-5-7-20-8-6-11/h3-9,14,27H,1-2H3. The van der Waals surface area contributed by atoms with E-state index in [2.05, 4.69) is 38.0 Å². The number of hydrogen-bond donors (Lipinski definition) is 1. The maximum atomic E-state index is 14.1. The van der Waals surface area contributed by atoms with Crippen molar-refractivity contribution in [2.45, 2.75) is 12.2 Å². The molecule has 0 spiro atoms. The Labute approximate surface area is 159 Å². The van der Waals surface area contributed by atoms with Crippen LogP contribution < -0.4 is 0 Å². The highest BCUT2D eigenvalue weighted by Gasteiger charge is 2.25. The van der Waals surface area contributed by atoms with Gasteiger partial charge in [-0.15, -0.1) is 10.2 Å². The second-order valence-electron chi connectivity index (χ2n) is 6.02. The van der Waals surface area contributed by atoms with E-state index in [4.69, 9.17) is 4.52 Å². The van der Waals surface area contributed by atoms with Crippen molar-refractivity contribution in [3.05, 3.63) is 65.8 Å². The number of benzene rings is 1. The van der Waals surface area contributed by atoms with E-state index in [9.17, 15) is 4.39 Å². The summed E-state index contributed by atoms with van der Waals surface area (Å²) >= 11 is 4.55. The average molecular weight is 382 g/mol. The molecule has 3 heterocycles. The molecule has 3 aromatic heterocycles. The summed E-state index contributed by atoms with van der Waals surface area (Å²) in [5.74, 6) is 1.16. The van der Waals surface area contributed by atoms with Crippen LogP contribution in [0.3, 0.4) is 0 Å². The molecule has 0 N–H and O–H groups in total. The molecule has 4 rings (SSSR count). The minimum atomic E-state index is -0.604. The molecule has 0 radical (unpaired) electrons. The van der Waals surface area contributed by atoms with Gasteiger partial charge in [0.15, 0.2) is 11.6 Å². The topological polar surface area (TPSA) is 82.5 Å². The Morgan fingerprint density at radius 3 is 2.70 bits per heavy atom. The number of pyridine rings is 1. The average Bonchev–Trinajstić information content (AvgIpc) is 3.31. The number of halogens is 1. The van der Waals surface area contributed by atoms with Crippen LogP contribution >= 0.6 is 12.6 Å². The molecular weight excluding hydrogens is 367 g/mol. The van der Waals surface area contributed by atoms with Crippen molar-refractivity contribution in [3.63, 3.8) is 0 Å². The lowest BCUT2D eigenvalue weighted by atomic mass is 10.1. The maximum Gasteiger partial charge on any atom is 0.247 e. The molecule has 0 aliphatic rings. The Bertz CT molecular complexity index is 1090. The number of hydrogen-bond acceptors (Lipinski definition) is 7. The van der Waals surface area contributed by atoms with Gasteiger partial charge in [-0.1, -0.05) is 16.8 Å². The van der Waals surface area contributed by atoms with Crippen molar-refractivity contribution in [2.75, 3.05) is 0 Å². The molecule has 0 aliphatic heterocycles. The summed E-state index contributed by atoms with van der Waals surface area (Å²) in [5, 5.41) is 11.7. The molecule has 0 saturated carbocycles. The highest BCUT2D eigenvalue weighted by atomic mass is 32.1. The maximum absolute atomic E-state index is 14.1. The summed E-state index contributed by atoms with van der Waals surface area (Å²) in [6, 6.07) is 8.41. The van der Waals surface area contributed by atoms with Gasteiger partial charge in [-0.05, 0) is 31.2 Å². The Morgan fingerprint density at radius 1 is 1.15 bits per heavy atom. The predicted molar refractivity (Wildman–Crippen MR) is 99.5 cm³/mol. The van der Waals surface area contributed by atoms with Gasteiger partial charge in [0, 0.05) is 25.0 Å². The molecule has 7 nitrogen and oxygen atoms in total. The fourth-order valence-electron chi connectivity index (χ4n) is 2.71. The van der Waals surface area contributed by atoms with Gasteiger partial charge in [0.05, 0.1) is 5.56 Å². The van der Waals surface area contributed by atoms with Crippen molar-refractivity contribution < 1.29 is 8.91 Å². The van der Waals surface area contributed by atoms with E-state index in [0.717, 1.165) is 11.1 Å². The smallest absolute Gasteiger partial charge is 0.247 e. The first-order valence-electron chi connectivity index (χ1n) is 8.12. The SMILES string of the molecule is Cc1ccc(F)c(-c2noc(C(S)c3nnc(-c4ccncc4)n3C)n2)c1. The normalized spacial score (nSPS) is 12.3. The van der Waals surface area contributed by atoms with E-state index in [1.54, 1.807) is 29.1 Å². The van der Waals surface area contributed by atoms with Crippen LogP contribution in [0, 0.1) is 12.7 Å². The van der Waals surface area contributed by atoms with Crippen molar-refractivity contribution in [1.29, 1.82) is 0 Å². The molecule has 1 atom stereocenters. The quantitative estimate of drug-likeness (QED) is 0.545. The zero-order chi connectivity index (χ0) is 19.0. The van der Waals surface area contributed by atoms with Crippen molar-refractivity contribution >= 4 is 12.6 Å². The molecule has 0 saturated heterocycles. The highest BCUT2D eigenvalue weighted by molar-refractivity contribution is 7.80. The molecule has 0 amide bonds. The molecule has 0 fully saturated rings. The fourth-order valence-corrected chi connectivity index (χ4v) is 3.04. The molecule has 1 aromatic carbocycles. The zero-order valence-corrected chi connectivity index (χ0v) is 15.4. The molecule has 0 aliphatic carbocycles. The number of nitrogens with zero attached hydrogens (tertiary/aromatic N) is 6. The van der Waals surface area contributed by atoms with Crippen LogP contribution in [0.15, 0.2) is 47.2 Å². The van der Waals surface area contributed by atoms with E-state index in [1.165, 1.54) is 6.07 Å². The third-order valence-electron chi connectivity index (χ3n) is 4.13. The largest absolute Gasteiger partial charge is 0.337 e. The molecule has 4 aromatic rings. The van der Waals surface area contributed by atoms with Gasteiger partial charge in [-0.2, -0.15) is 17.6 Å². The second-order valence-corrected chi connectivity index (χ2v) is 6.54. The first-order valence-corrected chi connectivity index (χ1v) is 8.64. The Kier molecular flexibility index (Phi) is 4.44. The molecule has 1 unspecified atom stereocenters. The van der Waals surface area contributed by atoms with Gasteiger partial charge in [-0.25, -0.2) is 4.39 Å². The lowest BCUT2D eigenvalue weighted by molar-refractivity contribution is 0.381. The summed E-state index contributed by atoms with van der Waals surface area (Å²) in [6.45, 7) is 1.87. The minimum absolute atomic E-state index is 0.168. The van der Waals surface area contributed by atoms with Crippen LogP contribution in [0.4, 0.5) is 4.39 Å². The highest BCUT2D eigenvalue weighted by Crippen LogP contribution is 2.30. The van der Waals surface area contributed by atoms with Crippen LogP contribution in [0.2, 0.25) is 0 Å². The Balaban J connectivity index is 1.67. The van der Waals surface area contributed by atoms with E-state index >= 15 is 0 Å². The Hall–Kier alpha value is -3.07. The number of aromatic nitrogens is 6. The number of rotatable bonds is 4. The monoisotopic (exact) mass is 382 g/mol. The van der Waals surface area contributed by atoms with Gasteiger partial charge >= 0.3 is 0 Å². The molecule has 27 heavy (non-hydrogen) atoms. The van der Waals surface area contributed by atoms with E-state index in [1.807, 2.05) is 26.1 Å². The van der Waals surface area contributed by atoms with Gasteiger partial charge in [0.25, 0.3) is 0 Å². The third-order valence-corrected chi connectivity index (χ3v) is 4.58.